The number of fused-ring (bicyclic) bond motifs is 7. The maximum Gasteiger partial charge on any atom is 0.143 e. The van der Waals surface area contributed by atoms with Crippen molar-refractivity contribution in [2.75, 3.05) is 4.90 Å². The predicted octanol–water partition coefficient (Wildman–Crippen LogP) is 13.9. The largest absolute Gasteiger partial charge is 0.455 e. The molecule has 2 heterocycles. The molecule has 10 aromatic rings. The number of furan rings is 1. The van der Waals surface area contributed by atoms with Crippen LogP contribution in [0.2, 0.25) is 0 Å². The van der Waals surface area contributed by atoms with Crippen molar-refractivity contribution in [3.8, 4) is 22.3 Å². The van der Waals surface area contributed by atoms with Crippen molar-refractivity contribution in [2.24, 2.45) is 0 Å². The summed E-state index contributed by atoms with van der Waals surface area (Å²) in [5, 5.41) is 7.35. The second kappa shape index (κ2) is 11.2. The molecular weight excluding hydrogens is 615 g/mol. The van der Waals surface area contributed by atoms with Crippen molar-refractivity contribution < 1.29 is 4.42 Å². The van der Waals surface area contributed by atoms with Gasteiger partial charge in [0.05, 0.1) is 0 Å². The SMILES string of the molecule is c1cc(-c2cccc3ccccc23)cc(N(c2ccc(-c3cccc4c3oc3ccccc34)cc2)c2ccc3sc4ccccc4c3c2)c1. The fraction of sp³-hybridized carbons (Fsp3) is 0. The predicted molar refractivity (Wildman–Crippen MR) is 210 cm³/mol. The summed E-state index contributed by atoms with van der Waals surface area (Å²) in [5.41, 5.74) is 9.79. The zero-order valence-electron chi connectivity index (χ0n) is 26.5. The molecule has 0 amide bonds. The van der Waals surface area contributed by atoms with E-state index in [4.69, 9.17) is 4.42 Å². The van der Waals surface area contributed by atoms with Crippen LogP contribution in [0, 0.1) is 0 Å². The quantitative estimate of drug-likeness (QED) is 0.186. The van der Waals surface area contributed by atoms with Gasteiger partial charge >= 0.3 is 0 Å². The lowest BCUT2D eigenvalue weighted by molar-refractivity contribution is 0.670. The van der Waals surface area contributed by atoms with Crippen molar-refractivity contribution in [2.45, 2.75) is 0 Å². The van der Waals surface area contributed by atoms with Crippen LogP contribution in [-0.2, 0) is 0 Å². The molecule has 3 heteroatoms. The van der Waals surface area contributed by atoms with Crippen molar-refractivity contribution in [1.82, 2.24) is 0 Å². The Kier molecular flexibility index (Phi) is 6.39. The molecule has 10 rings (SSSR count). The number of para-hydroxylation sites is 2. The van der Waals surface area contributed by atoms with Crippen molar-refractivity contribution in [3.05, 3.63) is 176 Å². The number of anilines is 3. The smallest absolute Gasteiger partial charge is 0.143 e. The van der Waals surface area contributed by atoms with Gasteiger partial charge in [0.1, 0.15) is 11.2 Å². The number of rotatable bonds is 5. The molecular formula is C46H29NOS. The number of benzene rings is 8. The summed E-state index contributed by atoms with van der Waals surface area (Å²) in [5.74, 6) is 0. The maximum atomic E-state index is 6.40. The molecule has 0 fully saturated rings. The van der Waals surface area contributed by atoms with E-state index in [9.17, 15) is 0 Å². The van der Waals surface area contributed by atoms with Gasteiger partial charge in [0, 0.05) is 53.6 Å². The third-order valence-electron chi connectivity index (χ3n) is 9.66. The lowest BCUT2D eigenvalue weighted by atomic mass is 9.97. The van der Waals surface area contributed by atoms with Crippen LogP contribution in [0.15, 0.2) is 180 Å². The van der Waals surface area contributed by atoms with E-state index >= 15 is 0 Å². The zero-order valence-corrected chi connectivity index (χ0v) is 27.3. The first-order valence-electron chi connectivity index (χ1n) is 16.6. The molecule has 0 spiro atoms. The molecule has 0 saturated heterocycles. The number of nitrogens with zero attached hydrogens (tertiary/aromatic N) is 1. The van der Waals surface area contributed by atoms with Crippen LogP contribution >= 0.6 is 11.3 Å². The van der Waals surface area contributed by atoms with Crippen LogP contribution in [-0.4, -0.2) is 0 Å². The normalized spacial score (nSPS) is 11.7. The molecule has 0 saturated carbocycles. The second-order valence-electron chi connectivity index (χ2n) is 12.5. The van der Waals surface area contributed by atoms with Gasteiger partial charge in [0.25, 0.3) is 0 Å². The third-order valence-corrected chi connectivity index (χ3v) is 10.8. The molecule has 0 atom stereocenters. The van der Waals surface area contributed by atoms with Crippen molar-refractivity contribution >= 4 is 81.3 Å². The van der Waals surface area contributed by atoms with E-state index in [1.807, 2.05) is 23.5 Å². The molecule has 0 N–H and O–H groups in total. The second-order valence-corrected chi connectivity index (χ2v) is 13.6. The summed E-state index contributed by atoms with van der Waals surface area (Å²) in [6, 6.07) is 63.3. The van der Waals surface area contributed by atoms with Crippen molar-refractivity contribution in [3.63, 3.8) is 0 Å². The number of thiophene rings is 1. The zero-order chi connectivity index (χ0) is 32.3. The standard InChI is InChI=1S/C46H29NOS/c1-2-14-36-30(10-1)11-8-17-37(36)32-12-7-13-34(28-32)47(35-26-27-45-42(29-35)40-16-4-6-21-44(40)49-45)33-24-22-31(23-25-33)38-18-9-19-41-39-15-3-5-20-43(39)48-46(38)41/h1-29H. The van der Waals surface area contributed by atoms with E-state index < -0.39 is 0 Å². The third kappa shape index (κ3) is 4.62. The summed E-state index contributed by atoms with van der Waals surface area (Å²) in [6.45, 7) is 0. The fourth-order valence-electron chi connectivity index (χ4n) is 7.35. The summed E-state index contributed by atoms with van der Waals surface area (Å²) in [4.78, 5) is 2.38. The number of hydrogen-bond donors (Lipinski definition) is 0. The Labute approximate surface area is 287 Å². The van der Waals surface area contributed by atoms with E-state index in [1.165, 1.54) is 42.1 Å². The molecule has 0 bridgehead atoms. The van der Waals surface area contributed by atoms with Crippen LogP contribution in [0.3, 0.4) is 0 Å². The number of hydrogen-bond acceptors (Lipinski definition) is 3. The highest BCUT2D eigenvalue weighted by molar-refractivity contribution is 7.25. The Bertz CT molecular complexity index is 2840. The lowest BCUT2D eigenvalue weighted by Gasteiger charge is -2.26. The molecule has 49 heavy (non-hydrogen) atoms. The highest BCUT2D eigenvalue weighted by atomic mass is 32.1. The Morgan fingerprint density at radius 3 is 1.96 bits per heavy atom. The molecule has 0 aliphatic carbocycles. The van der Waals surface area contributed by atoms with Crippen LogP contribution < -0.4 is 4.90 Å². The van der Waals surface area contributed by atoms with E-state index in [-0.39, 0.29) is 0 Å². The minimum absolute atomic E-state index is 0.912. The van der Waals surface area contributed by atoms with Crippen molar-refractivity contribution in [1.29, 1.82) is 0 Å². The van der Waals surface area contributed by atoms with Gasteiger partial charge in [-0.1, -0.05) is 121 Å². The molecule has 0 aliphatic rings. The van der Waals surface area contributed by atoms with Gasteiger partial charge in [0.2, 0.25) is 0 Å². The first-order valence-corrected chi connectivity index (χ1v) is 17.4. The van der Waals surface area contributed by atoms with E-state index in [2.05, 4.69) is 169 Å². The molecule has 230 valence electrons. The van der Waals surface area contributed by atoms with Gasteiger partial charge in [-0.25, -0.2) is 0 Å². The fourth-order valence-corrected chi connectivity index (χ4v) is 8.44. The Morgan fingerprint density at radius 2 is 1.04 bits per heavy atom. The van der Waals surface area contributed by atoms with Gasteiger partial charge in [-0.05, 0) is 82.1 Å². The average Bonchev–Trinajstić information content (AvgIpc) is 3.74. The Morgan fingerprint density at radius 1 is 0.388 bits per heavy atom. The molecule has 2 aromatic heterocycles. The monoisotopic (exact) mass is 643 g/mol. The minimum atomic E-state index is 0.912. The first-order chi connectivity index (χ1) is 24.3. The van der Waals surface area contributed by atoms with Crippen LogP contribution in [0.25, 0.3) is 75.1 Å². The van der Waals surface area contributed by atoms with E-state index in [1.54, 1.807) is 0 Å². The van der Waals surface area contributed by atoms with Gasteiger partial charge in [-0.3, -0.25) is 0 Å². The highest BCUT2D eigenvalue weighted by Crippen LogP contribution is 2.43. The van der Waals surface area contributed by atoms with Crippen LogP contribution in [0.5, 0.6) is 0 Å². The van der Waals surface area contributed by atoms with Crippen LogP contribution in [0.4, 0.5) is 17.1 Å². The molecule has 0 radical (unpaired) electrons. The Balaban J connectivity index is 1.14. The summed E-state index contributed by atoms with van der Waals surface area (Å²) in [7, 11) is 0. The van der Waals surface area contributed by atoms with Gasteiger partial charge in [0.15, 0.2) is 0 Å². The highest BCUT2D eigenvalue weighted by Gasteiger charge is 2.18. The van der Waals surface area contributed by atoms with Gasteiger partial charge < -0.3 is 9.32 Å². The maximum absolute atomic E-state index is 6.40. The topological polar surface area (TPSA) is 16.4 Å². The first kappa shape index (κ1) is 27.9. The molecule has 8 aromatic carbocycles. The summed E-state index contributed by atoms with van der Waals surface area (Å²) >= 11 is 1.85. The molecule has 0 unspecified atom stereocenters. The van der Waals surface area contributed by atoms with E-state index in [0.29, 0.717) is 0 Å². The minimum Gasteiger partial charge on any atom is -0.455 e. The summed E-state index contributed by atoms with van der Waals surface area (Å²) < 4.78 is 9.00. The molecule has 2 nitrogen and oxygen atoms in total. The average molecular weight is 644 g/mol. The van der Waals surface area contributed by atoms with Crippen LogP contribution in [0.1, 0.15) is 0 Å². The lowest BCUT2D eigenvalue weighted by Crippen LogP contribution is -2.10. The van der Waals surface area contributed by atoms with Gasteiger partial charge in [-0.15, -0.1) is 11.3 Å². The Hall–Kier alpha value is -6.16. The van der Waals surface area contributed by atoms with Gasteiger partial charge in [-0.2, -0.15) is 0 Å². The van der Waals surface area contributed by atoms with E-state index in [0.717, 1.165) is 50.1 Å². The molecule has 0 aliphatic heterocycles. The summed E-state index contributed by atoms with van der Waals surface area (Å²) in [6.07, 6.45) is 0.